The van der Waals surface area contributed by atoms with E-state index in [-0.39, 0.29) is 18.6 Å². The molecule has 2 heterocycles. The zero-order valence-corrected chi connectivity index (χ0v) is 11.8. The van der Waals surface area contributed by atoms with Crippen molar-refractivity contribution in [2.24, 2.45) is 5.92 Å². The Kier molecular flexibility index (Phi) is 5.23. The standard InChI is InChI=1S/C14H24N2O4/c17-12-2-1-7-16(10-12)14(20)15-8-5-11(6-9-15)3-4-13(18)19/h11-12,17H,1-10H2,(H,18,19). The van der Waals surface area contributed by atoms with E-state index in [9.17, 15) is 14.7 Å². The largest absolute Gasteiger partial charge is 0.481 e. The predicted molar refractivity (Wildman–Crippen MR) is 73.4 cm³/mol. The van der Waals surface area contributed by atoms with E-state index in [0.717, 1.165) is 32.2 Å². The summed E-state index contributed by atoms with van der Waals surface area (Å²) in [5, 5.41) is 18.3. The van der Waals surface area contributed by atoms with Crippen molar-refractivity contribution < 1.29 is 19.8 Å². The molecule has 0 saturated carbocycles. The van der Waals surface area contributed by atoms with Gasteiger partial charge in [0, 0.05) is 32.6 Å². The van der Waals surface area contributed by atoms with E-state index in [1.54, 1.807) is 4.90 Å². The Balaban J connectivity index is 1.75. The average Bonchev–Trinajstić information content (AvgIpc) is 2.45. The third-order valence-corrected chi connectivity index (χ3v) is 4.32. The molecule has 2 fully saturated rings. The first-order valence-corrected chi connectivity index (χ1v) is 7.50. The van der Waals surface area contributed by atoms with Gasteiger partial charge in [0.25, 0.3) is 0 Å². The molecule has 1 unspecified atom stereocenters. The lowest BCUT2D eigenvalue weighted by molar-refractivity contribution is -0.137. The summed E-state index contributed by atoms with van der Waals surface area (Å²) in [6.45, 7) is 2.58. The molecule has 0 radical (unpaired) electrons. The van der Waals surface area contributed by atoms with E-state index < -0.39 is 5.97 Å². The summed E-state index contributed by atoms with van der Waals surface area (Å²) >= 11 is 0. The van der Waals surface area contributed by atoms with Crippen molar-refractivity contribution >= 4 is 12.0 Å². The van der Waals surface area contributed by atoms with Crippen molar-refractivity contribution in [1.29, 1.82) is 0 Å². The predicted octanol–water partition coefficient (Wildman–Crippen LogP) is 1.14. The molecule has 2 amide bonds. The fourth-order valence-corrected chi connectivity index (χ4v) is 3.07. The smallest absolute Gasteiger partial charge is 0.320 e. The molecule has 6 heteroatoms. The number of carboxylic acids is 1. The van der Waals surface area contributed by atoms with Gasteiger partial charge >= 0.3 is 12.0 Å². The quantitative estimate of drug-likeness (QED) is 0.814. The molecule has 114 valence electrons. The van der Waals surface area contributed by atoms with Gasteiger partial charge in [-0.3, -0.25) is 4.79 Å². The van der Waals surface area contributed by atoms with E-state index in [0.29, 0.717) is 32.0 Å². The van der Waals surface area contributed by atoms with Crippen LogP contribution in [0.4, 0.5) is 4.79 Å². The number of β-amino-alcohol motifs (C(OH)–C–C–N with tert-alkyl or cyclic N) is 1. The molecular weight excluding hydrogens is 260 g/mol. The van der Waals surface area contributed by atoms with Crippen LogP contribution in [0.2, 0.25) is 0 Å². The van der Waals surface area contributed by atoms with Gasteiger partial charge in [0.2, 0.25) is 0 Å². The number of piperidine rings is 2. The Hall–Kier alpha value is -1.30. The molecule has 0 spiro atoms. The van der Waals surface area contributed by atoms with Gasteiger partial charge in [-0.05, 0) is 38.0 Å². The number of carboxylic acid groups (broad SMARTS) is 1. The summed E-state index contributed by atoms with van der Waals surface area (Å²) in [7, 11) is 0. The molecule has 2 aliphatic rings. The highest BCUT2D eigenvalue weighted by Crippen LogP contribution is 2.23. The number of amides is 2. The lowest BCUT2D eigenvalue weighted by Gasteiger charge is -2.38. The fourth-order valence-electron chi connectivity index (χ4n) is 3.07. The van der Waals surface area contributed by atoms with Gasteiger partial charge in [-0.1, -0.05) is 0 Å². The van der Waals surface area contributed by atoms with Gasteiger partial charge in [-0.15, -0.1) is 0 Å². The van der Waals surface area contributed by atoms with Crippen molar-refractivity contribution in [2.45, 2.75) is 44.6 Å². The second kappa shape index (κ2) is 6.92. The Morgan fingerprint density at radius 1 is 1.05 bits per heavy atom. The molecule has 0 bridgehead atoms. The summed E-state index contributed by atoms with van der Waals surface area (Å²) in [4.78, 5) is 26.5. The number of likely N-dealkylation sites (tertiary alicyclic amines) is 2. The molecule has 6 nitrogen and oxygen atoms in total. The monoisotopic (exact) mass is 284 g/mol. The van der Waals surface area contributed by atoms with Crippen LogP contribution in [0.1, 0.15) is 38.5 Å². The maximum atomic E-state index is 12.3. The zero-order chi connectivity index (χ0) is 14.5. The third kappa shape index (κ3) is 4.10. The van der Waals surface area contributed by atoms with Crippen molar-refractivity contribution in [3.05, 3.63) is 0 Å². The minimum absolute atomic E-state index is 0.0282. The van der Waals surface area contributed by atoms with Gasteiger partial charge in [0.05, 0.1) is 6.10 Å². The number of hydrogen-bond donors (Lipinski definition) is 2. The highest BCUT2D eigenvalue weighted by Gasteiger charge is 2.29. The first-order valence-electron chi connectivity index (χ1n) is 7.50. The number of aliphatic hydroxyl groups excluding tert-OH is 1. The number of nitrogens with zero attached hydrogens (tertiary/aromatic N) is 2. The first kappa shape index (κ1) is 15.1. The number of aliphatic hydroxyl groups is 1. The Labute approximate surface area is 119 Å². The first-order chi connectivity index (χ1) is 9.56. The summed E-state index contributed by atoms with van der Waals surface area (Å²) in [5.41, 5.74) is 0. The van der Waals surface area contributed by atoms with Crippen molar-refractivity contribution in [3.63, 3.8) is 0 Å². The fraction of sp³-hybridized carbons (Fsp3) is 0.857. The molecule has 20 heavy (non-hydrogen) atoms. The zero-order valence-electron chi connectivity index (χ0n) is 11.8. The molecule has 0 aromatic rings. The lowest BCUT2D eigenvalue weighted by atomic mass is 9.92. The van der Waals surface area contributed by atoms with E-state index in [1.807, 2.05) is 4.90 Å². The van der Waals surface area contributed by atoms with Crippen LogP contribution in [0, 0.1) is 5.92 Å². The van der Waals surface area contributed by atoms with Crippen molar-refractivity contribution in [3.8, 4) is 0 Å². The summed E-state index contributed by atoms with van der Waals surface area (Å²) in [5.74, 6) is -0.326. The van der Waals surface area contributed by atoms with E-state index in [4.69, 9.17) is 5.11 Å². The van der Waals surface area contributed by atoms with Crippen LogP contribution >= 0.6 is 0 Å². The Morgan fingerprint density at radius 3 is 2.35 bits per heavy atom. The SMILES string of the molecule is O=C(O)CCC1CCN(C(=O)N2CCCC(O)C2)CC1. The molecule has 0 aromatic heterocycles. The molecule has 0 aromatic carbocycles. The summed E-state index contributed by atoms with van der Waals surface area (Å²) in [6, 6.07) is 0.0282. The Morgan fingerprint density at radius 2 is 1.75 bits per heavy atom. The molecular formula is C14H24N2O4. The van der Waals surface area contributed by atoms with E-state index in [2.05, 4.69) is 0 Å². The van der Waals surface area contributed by atoms with Crippen LogP contribution in [0.15, 0.2) is 0 Å². The normalized spacial score (nSPS) is 24.8. The number of rotatable bonds is 3. The lowest BCUT2D eigenvalue weighted by Crippen LogP contribution is -2.50. The van der Waals surface area contributed by atoms with Gasteiger partial charge in [0.15, 0.2) is 0 Å². The van der Waals surface area contributed by atoms with Gasteiger partial charge in [0.1, 0.15) is 0 Å². The molecule has 1 atom stereocenters. The van der Waals surface area contributed by atoms with Crippen LogP contribution in [0.5, 0.6) is 0 Å². The van der Waals surface area contributed by atoms with Gasteiger partial charge < -0.3 is 20.0 Å². The van der Waals surface area contributed by atoms with Crippen LogP contribution in [0.3, 0.4) is 0 Å². The van der Waals surface area contributed by atoms with E-state index >= 15 is 0 Å². The minimum atomic E-state index is -0.745. The number of hydrogen-bond acceptors (Lipinski definition) is 3. The van der Waals surface area contributed by atoms with E-state index in [1.165, 1.54) is 0 Å². The maximum absolute atomic E-state index is 12.3. The van der Waals surface area contributed by atoms with Crippen LogP contribution < -0.4 is 0 Å². The summed E-state index contributed by atoms with van der Waals surface area (Å²) < 4.78 is 0. The van der Waals surface area contributed by atoms with Crippen LogP contribution in [-0.4, -0.2) is 64.3 Å². The Bertz CT molecular complexity index is 353. The molecule has 2 rings (SSSR count). The molecule has 2 aliphatic heterocycles. The number of urea groups is 1. The highest BCUT2D eigenvalue weighted by atomic mass is 16.4. The van der Waals surface area contributed by atoms with Gasteiger partial charge in [-0.25, -0.2) is 4.79 Å². The van der Waals surface area contributed by atoms with Crippen molar-refractivity contribution in [2.75, 3.05) is 26.2 Å². The number of carbonyl (C=O) groups is 2. The van der Waals surface area contributed by atoms with Gasteiger partial charge in [-0.2, -0.15) is 0 Å². The van der Waals surface area contributed by atoms with Crippen molar-refractivity contribution in [1.82, 2.24) is 9.80 Å². The molecule has 0 aliphatic carbocycles. The summed E-state index contributed by atoms with van der Waals surface area (Å²) in [6.07, 6.45) is 3.95. The molecule has 2 N–H and O–H groups in total. The second-order valence-electron chi connectivity index (χ2n) is 5.89. The highest BCUT2D eigenvalue weighted by molar-refractivity contribution is 5.74. The minimum Gasteiger partial charge on any atom is -0.481 e. The maximum Gasteiger partial charge on any atom is 0.320 e. The van der Waals surface area contributed by atoms with Crippen LogP contribution in [0.25, 0.3) is 0 Å². The third-order valence-electron chi connectivity index (χ3n) is 4.32. The number of carbonyl (C=O) groups excluding carboxylic acids is 1. The second-order valence-corrected chi connectivity index (χ2v) is 5.89. The van der Waals surface area contributed by atoms with Crippen LogP contribution in [-0.2, 0) is 4.79 Å². The topological polar surface area (TPSA) is 81.1 Å². The molecule has 2 saturated heterocycles. The number of aliphatic carboxylic acids is 1. The average molecular weight is 284 g/mol.